The molecule has 0 aliphatic carbocycles. The number of hydrazine groups is 1. The Labute approximate surface area is 211 Å². The molecule has 3 aromatic rings. The molecule has 9 heteroatoms. The smallest absolute Gasteiger partial charge is 0.275 e. The first-order chi connectivity index (χ1) is 17.1. The lowest BCUT2D eigenvalue weighted by Gasteiger charge is -2.23. The number of rotatable bonds is 7. The molecule has 0 spiro atoms. The van der Waals surface area contributed by atoms with Crippen LogP contribution in [-0.2, 0) is 20.2 Å². The van der Waals surface area contributed by atoms with Gasteiger partial charge < -0.3 is 0 Å². The van der Waals surface area contributed by atoms with Gasteiger partial charge in [-0.15, -0.1) is 4.40 Å². The minimum atomic E-state index is -4.09. The third-order valence-corrected chi connectivity index (χ3v) is 7.62. The van der Waals surface area contributed by atoms with Gasteiger partial charge in [-0.3, -0.25) is 10.2 Å². The minimum absolute atomic E-state index is 0.0258. The van der Waals surface area contributed by atoms with Crippen molar-refractivity contribution in [3.05, 3.63) is 90.0 Å². The molecule has 0 radical (unpaired) electrons. The number of para-hydroxylation sites is 1. The van der Waals surface area contributed by atoms with Gasteiger partial charge in [0.25, 0.3) is 15.9 Å². The number of nitrogens with zero attached hydrogens (tertiary/aromatic N) is 4. The molecule has 1 aliphatic heterocycles. The van der Waals surface area contributed by atoms with Crippen molar-refractivity contribution in [3.63, 3.8) is 0 Å². The zero-order valence-electron chi connectivity index (χ0n) is 20.7. The van der Waals surface area contributed by atoms with Gasteiger partial charge in [0.2, 0.25) is 6.04 Å². The molecule has 4 rings (SSSR count). The van der Waals surface area contributed by atoms with Crippen LogP contribution >= 0.6 is 0 Å². The fraction of sp³-hybridized carbons (Fsp3) is 0.259. The van der Waals surface area contributed by atoms with Crippen LogP contribution in [-0.4, -0.2) is 26.2 Å². The molecule has 186 valence electrons. The van der Waals surface area contributed by atoms with E-state index in [1.807, 2.05) is 37.3 Å². The van der Waals surface area contributed by atoms with Gasteiger partial charge in [0.1, 0.15) is 0 Å². The third kappa shape index (κ3) is 5.36. The highest BCUT2D eigenvalue weighted by molar-refractivity contribution is 7.90. The van der Waals surface area contributed by atoms with Gasteiger partial charge in [0, 0.05) is 0 Å². The van der Waals surface area contributed by atoms with E-state index in [0.29, 0.717) is 11.4 Å². The highest BCUT2D eigenvalue weighted by Crippen LogP contribution is 2.29. The van der Waals surface area contributed by atoms with Gasteiger partial charge in [-0.05, 0) is 60.7 Å². The Bertz CT molecular complexity index is 1400. The fourth-order valence-electron chi connectivity index (χ4n) is 3.61. The van der Waals surface area contributed by atoms with E-state index in [4.69, 9.17) is 0 Å². The molecule has 1 atom stereocenters. The van der Waals surface area contributed by atoms with Crippen molar-refractivity contribution >= 4 is 33.1 Å². The zero-order chi connectivity index (χ0) is 25.9. The molecule has 1 amide bonds. The van der Waals surface area contributed by atoms with Gasteiger partial charge in [-0.25, -0.2) is 5.01 Å². The first kappa shape index (κ1) is 25.2. The Hall–Kier alpha value is -3.85. The predicted octanol–water partition coefficient (Wildman–Crippen LogP) is 5.47. The second kappa shape index (κ2) is 10.0. The number of benzene rings is 3. The first-order valence-electron chi connectivity index (χ1n) is 11.7. The molecule has 1 saturated heterocycles. The molecular weight excluding hydrogens is 474 g/mol. The molecule has 3 aromatic carbocycles. The number of azo groups is 1. The van der Waals surface area contributed by atoms with Crippen LogP contribution in [0, 0.1) is 6.92 Å². The van der Waals surface area contributed by atoms with Crippen molar-refractivity contribution < 1.29 is 13.2 Å². The second-order valence-corrected chi connectivity index (χ2v) is 10.9. The lowest BCUT2D eigenvalue weighted by atomic mass is 9.82. The van der Waals surface area contributed by atoms with Crippen molar-refractivity contribution in [2.45, 2.75) is 50.5 Å². The molecule has 0 aromatic heterocycles. The first-order valence-corrected chi connectivity index (χ1v) is 13.1. The van der Waals surface area contributed by atoms with Crippen LogP contribution in [0.3, 0.4) is 0 Å². The van der Waals surface area contributed by atoms with Crippen molar-refractivity contribution in [2.75, 3.05) is 5.01 Å². The molecule has 8 nitrogen and oxygen atoms in total. The summed E-state index contributed by atoms with van der Waals surface area (Å²) in [4.78, 5) is 13.3. The molecule has 1 heterocycles. The number of anilines is 1. The van der Waals surface area contributed by atoms with Crippen LogP contribution < -0.4 is 10.4 Å². The maximum Gasteiger partial charge on any atom is 0.284 e. The number of nitrogens with one attached hydrogen (secondary N) is 1. The summed E-state index contributed by atoms with van der Waals surface area (Å²) in [6, 6.07) is 21.6. The maximum atomic E-state index is 13.3. The Morgan fingerprint density at radius 2 is 1.58 bits per heavy atom. The van der Waals surface area contributed by atoms with E-state index in [9.17, 15) is 13.2 Å². The molecule has 1 aliphatic rings. The van der Waals surface area contributed by atoms with Gasteiger partial charge in [0.05, 0.1) is 16.3 Å². The molecule has 36 heavy (non-hydrogen) atoms. The summed E-state index contributed by atoms with van der Waals surface area (Å²) in [5.41, 5.74) is 6.03. The van der Waals surface area contributed by atoms with Crippen LogP contribution in [0.4, 0.5) is 11.4 Å². The van der Waals surface area contributed by atoms with E-state index in [1.165, 1.54) is 22.7 Å². The van der Waals surface area contributed by atoms with Crippen molar-refractivity contribution in [2.24, 2.45) is 14.6 Å². The van der Waals surface area contributed by atoms with Crippen LogP contribution in [0.1, 0.15) is 38.3 Å². The average Bonchev–Trinajstić information content (AvgIpc) is 3.17. The van der Waals surface area contributed by atoms with E-state index in [1.54, 1.807) is 36.4 Å². The predicted molar refractivity (Wildman–Crippen MR) is 141 cm³/mol. The summed E-state index contributed by atoms with van der Waals surface area (Å²) in [7, 11) is -4.09. The Kier molecular flexibility index (Phi) is 7.03. The monoisotopic (exact) mass is 503 g/mol. The second-order valence-electron chi connectivity index (χ2n) is 9.29. The van der Waals surface area contributed by atoms with Crippen molar-refractivity contribution in [3.8, 4) is 0 Å². The number of aryl methyl sites for hydroxylation is 1. The number of carbonyl (C=O) groups is 1. The maximum absolute atomic E-state index is 13.3. The number of amidine groups is 1. The lowest BCUT2D eigenvalue weighted by molar-refractivity contribution is -0.117. The highest BCUT2D eigenvalue weighted by atomic mass is 32.2. The highest BCUT2D eigenvalue weighted by Gasteiger charge is 2.40. The topological polar surface area (TPSA) is 104 Å². The van der Waals surface area contributed by atoms with Crippen molar-refractivity contribution in [1.29, 1.82) is 0 Å². The largest absolute Gasteiger partial charge is 0.284 e. The summed E-state index contributed by atoms with van der Waals surface area (Å²) < 4.78 is 29.9. The van der Waals surface area contributed by atoms with Crippen LogP contribution in [0.5, 0.6) is 0 Å². The number of amides is 1. The normalized spacial score (nSPS) is 17.7. The third-order valence-electron chi connectivity index (χ3n) is 6.31. The van der Waals surface area contributed by atoms with Gasteiger partial charge in [-0.1, -0.05) is 68.8 Å². The number of hydrogen-bond acceptors (Lipinski definition) is 5. The fourth-order valence-corrected chi connectivity index (χ4v) is 4.60. The standard InChI is InChI=1S/C27H29N5O3S/c1-5-27(3,4)20-13-15-21(16-14-20)28-29-24-25(30-32(26(24)33)22-9-7-6-8-10-22)31-36(34,35)23-17-11-19(2)12-18-23/h6-18,24H,5H2,1-4H3,(H,30,31)/t24-/m0/s1. The summed E-state index contributed by atoms with van der Waals surface area (Å²) in [6.45, 7) is 8.34. The quantitative estimate of drug-likeness (QED) is 0.432. The van der Waals surface area contributed by atoms with Crippen LogP contribution in [0.2, 0.25) is 0 Å². The number of carbonyl (C=O) groups excluding carboxylic acids is 1. The summed E-state index contributed by atoms with van der Waals surface area (Å²) in [6.07, 6.45) is 0.987. The molecule has 1 fully saturated rings. The van der Waals surface area contributed by atoms with E-state index in [-0.39, 0.29) is 16.1 Å². The molecular formula is C27H29N5O3S. The number of hydrogen-bond donors (Lipinski definition) is 1. The Morgan fingerprint density at radius 3 is 2.19 bits per heavy atom. The SMILES string of the molecule is CCC(C)(C)c1ccc(N=N[C@@H]2C(=O)N(c3ccccc3)NC2=NS(=O)(=O)c2ccc(C)cc2)cc1. The van der Waals surface area contributed by atoms with E-state index in [2.05, 4.69) is 40.8 Å². The Morgan fingerprint density at radius 1 is 0.944 bits per heavy atom. The number of sulfonamides is 1. The van der Waals surface area contributed by atoms with Crippen LogP contribution in [0.15, 0.2) is 98.4 Å². The van der Waals surface area contributed by atoms with E-state index < -0.39 is 22.0 Å². The summed E-state index contributed by atoms with van der Waals surface area (Å²) in [5, 5.41) is 9.69. The van der Waals surface area contributed by atoms with Gasteiger partial charge >= 0.3 is 0 Å². The van der Waals surface area contributed by atoms with Gasteiger partial charge in [0.15, 0.2) is 5.84 Å². The molecule has 0 bridgehead atoms. The molecule has 0 unspecified atom stereocenters. The van der Waals surface area contributed by atoms with E-state index >= 15 is 0 Å². The van der Waals surface area contributed by atoms with E-state index in [0.717, 1.165) is 12.0 Å². The van der Waals surface area contributed by atoms with Crippen LogP contribution in [0.25, 0.3) is 0 Å². The average molecular weight is 504 g/mol. The Balaban J connectivity index is 1.68. The van der Waals surface area contributed by atoms with Gasteiger partial charge in [-0.2, -0.15) is 18.6 Å². The summed E-state index contributed by atoms with van der Waals surface area (Å²) in [5.74, 6) is -0.594. The lowest BCUT2D eigenvalue weighted by Crippen LogP contribution is -2.36. The zero-order valence-corrected chi connectivity index (χ0v) is 21.5. The summed E-state index contributed by atoms with van der Waals surface area (Å²) >= 11 is 0. The molecule has 0 saturated carbocycles. The minimum Gasteiger partial charge on any atom is -0.275 e. The molecule has 1 N–H and O–H groups in total. The van der Waals surface area contributed by atoms with Crippen molar-refractivity contribution in [1.82, 2.24) is 5.43 Å².